The van der Waals surface area contributed by atoms with Crippen molar-refractivity contribution in [1.82, 2.24) is 14.7 Å². The number of carboxylic acid groups (broad SMARTS) is 1. The van der Waals surface area contributed by atoms with E-state index in [0.717, 1.165) is 43.6 Å². The van der Waals surface area contributed by atoms with Crippen LogP contribution in [0, 0.1) is 5.41 Å². The summed E-state index contributed by atoms with van der Waals surface area (Å²) in [5.74, 6) is -0.910. The van der Waals surface area contributed by atoms with Crippen LogP contribution in [0.25, 0.3) is 0 Å². The number of hydrogen-bond donors (Lipinski definition) is 1. The molecule has 1 aliphatic carbocycles. The predicted molar refractivity (Wildman–Crippen MR) is 94.4 cm³/mol. The number of nitrogens with zero attached hydrogens (tertiary/aromatic N) is 3. The first-order valence-corrected chi connectivity index (χ1v) is 9.20. The number of allylic oxidation sites excluding steroid dienone is 1. The maximum Gasteiger partial charge on any atom is 0.356 e. The molecule has 3 rings (SSSR count). The Labute approximate surface area is 144 Å². The Balaban J connectivity index is 1.82. The highest BCUT2D eigenvalue weighted by Gasteiger charge is 2.39. The number of rotatable bonds is 6. The van der Waals surface area contributed by atoms with Crippen LogP contribution in [-0.4, -0.2) is 44.9 Å². The Hall–Kier alpha value is -1.62. The molecule has 0 spiro atoms. The highest BCUT2D eigenvalue weighted by atomic mass is 16.4. The van der Waals surface area contributed by atoms with Crippen molar-refractivity contribution in [3.63, 3.8) is 0 Å². The van der Waals surface area contributed by atoms with E-state index >= 15 is 0 Å². The van der Waals surface area contributed by atoms with Gasteiger partial charge in [0.25, 0.3) is 0 Å². The van der Waals surface area contributed by atoms with E-state index in [0.29, 0.717) is 18.0 Å². The minimum absolute atomic E-state index is 0.244. The summed E-state index contributed by atoms with van der Waals surface area (Å²) in [6.45, 7) is 11.2. The Morgan fingerprint density at radius 3 is 2.79 bits per heavy atom. The molecule has 0 unspecified atom stereocenters. The molecular weight excluding hydrogens is 302 g/mol. The molecule has 1 fully saturated rings. The molecule has 0 radical (unpaired) electrons. The number of carboxylic acids is 1. The number of aromatic nitrogens is 2. The summed E-state index contributed by atoms with van der Waals surface area (Å²) < 4.78 is 1.83. The van der Waals surface area contributed by atoms with Gasteiger partial charge in [0.1, 0.15) is 0 Å². The maximum absolute atomic E-state index is 11.6. The van der Waals surface area contributed by atoms with E-state index in [1.807, 2.05) is 4.68 Å². The number of aromatic carboxylic acids is 1. The van der Waals surface area contributed by atoms with Gasteiger partial charge in [0, 0.05) is 23.8 Å². The van der Waals surface area contributed by atoms with E-state index in [1.54, 1.807) is 6.08 Å². The maximum atomic E-state index is 11.6. The van der Waals surface area contributed by atoms with Crippen LogP contribution in [0.15, 0.2) is 12.7 Å². The lowest BCUT2D eigenvalue weighted by atomic mass is 9.81. The van der Waals surface area contributed by atoms with Gasteiger partial charge in [0.15, 0.2) is 5.69 Å². The van der Waals surface area contributed by atoms with Crippen LogP contribution in [0.3, 0.4) is 0 Å². The first-order chi connectivity index (χ1) is 11.5. The minimum Gasteiger partial charge on any atom is -0.476 e. The van der Waals surface area contributed by atoms with Gasteiger partial charge < -0.3 is 5.11 Å². The van der Waals surface area contributed by atoms with Crippen molar-refractivity contribution in [3.05, 3.63) is 29.6 Å². The molecule has 5 heteroatoms. The van der Waals surface area contributed by atoms with Crippen LogP contribution in [0.4, 0.5) is 0 Å². The van der Waals surface area contributed by atoms with Gasteiger partial charge in [-0.05, 0) is 50.5 Å². The van der Waals surface area contributed by atoms with E-state index in [9.17, 15) is 9.90 Å². The van der Waals surface area contributed by atoms with Crippen molar-refractivity contribution in [3.8, 4) is 0 Å². The van der Waals surface area contributed by atoms with Gasteiger partial charge in [0.05, 0.1) is 6.54 Å². The van der Waals surface area contributed by atoms with Crippen LogP contribution < -0.4 is 0 Å². The Morgan fingerprint density at radius 2 is 2.21 bits per heavy atom. The largest absolute Gasteiger partial charge is 0.476 e. The average molecular weight is 331 g/mol. The quantitative estimate of drug-likeness (QED) is 0.814. The van der Waals surface area contributed by atoms with E-state index in [1.165, 1.54) is 19.3 Å². The first-order valence-electron chi connectivity index (χ1n) is 9.20. The molecule has 1 aromatic heterocycles. The van der Waals surface area contributed by atoms with Crippen LogP contribution in [0.1, 0.15) is 61.3 Å². The summed E-state index contributed by atoms with van der Waals surface area (Å²) in [5.41, 5.74) is 2.75. The molecule has 0 saturated carbocycles. The zero-order chi connectivity index (χ0) is 17.3. The van der Waals surface area contributed by atoms with Gasteiger partial charge in [-0.2, -0.15) is 5.10 Å². The number of fused-ring (bicyclic) bond motifs is 1. The highest BCUT2D eigenvalue weighted by Crippen LogP contribution is 2.40. The van der Waals surface area contributed by atoms with Crippen molar-refractivity contribution in [2.45, 2.75) is 65.0 Å². The molecule has 1 N–H and O–H groups in total. The minimum atomic E-state index is -0.910. The molecular formula is C19H29N3O2. The molecule has 132 valence electrons. The Bertz CT molecular complexity index is 631. The second kappa shape index (κ2) is 6.71. The smallest absolute Gasteiger partial charge is 0.356 e. The van der Waals surface area contributed by atoms with Crippen molar-refractivity contribution < 1.29 is 9.90 Å². The molecule has 0 amide bonds. The SMILES string of the molecule is C=CCn1nc(C(=O)O)c2c1CC[C@H](N1CCC(CC)(CC)C1)C2. The lowest BCUT2D eigenvalue weighted by molar-refractivity contribution is 0.0687. The van der Waals surface area contributed by atoms with Crippen molar-refractivity contribution >= 4 is 5.97 Å². The number of carbonyl (C=O) groups is 1. The lowest BCUT2D eigenvalue weighted by Gasteiger charge is -2.33. The predicted octanol–water partition coefficient (Wildman–Crippen LogP) is 3.14. The summed E-state index contributed by atoms with van der Waals surface area (Å²) in [7, 11) is 0. The third kappa shape index (κ3) is 2.90. The molecule has 2 heterocycles. The molecule has 0 bridgehead atoms. The monoisotopic (exact) mass is 331 g/mol. The normalized spacial score (nSPS) is 23.2. The third-order valence-corrected chi connectivity index (χ3v) is 6.31. The van der Waals surface area contributed by atoms with E-state index in [-0.39, 0.29) is 5.69 Å². The standard InChI is InChI=1S/C19H29N3O2/c1-4-10-22-16-8-7-14(12-15(16)17(20-22)18(23)24)21-11-9-19(5-2,6-3)13-21/h4,14H,1,5-13H2,2-3H3,(H,23,24)/t14-/m0/s1. The number of likely N-dealkylation sites (tertiary alicyclic amines) is 1. The van der Waals surface area contributed by atoms with Crippen molar-refractivity contribution in [1.29, 1.82) is 0 Å². The van der Waals surface area contributed by atoms with Gasteiger partial charge in [-0.15, -0.1) is 6.58 Å². The summed E-state index contributed by atoms with van der Waals surface area (Å²) in [6, 6.07) is 0.456. The van der Waals surface area contributed by atoms with Crippen molar-refractivity contribution in [2.75, 3.05) is 13.1 Å². The van der Waals surface area contributed by atoms with Gasteiger partial charge in [-0.25, -0.2) is 4.79 Å². The summed E-state index contributed by atoms with van der Waals surface area (Å²) in [4.78, 5) is 14.2. The molecule has 24 heavy (non-hydrogen) atoms. The Kier molecular flexibility index (Phi) is 4.81. The van der Waals surface area contributed by atoms with Crippen LogP contribution in [0.2, 0.25) is 0 Å². The fraction of sp³-hybridized carbons (Fsp3) is 0.684. The Morgan fingerprint density at radius 1 is 1.46 bits per heavy atom. The fourth-order valence-electron chi connectivity index (χ4n) is 4.53. The highest BCUT2D eigenvalue weighted by molar-refractivity contribution is 5.87. The second-order valence-corrected chi connectivity index (χ2v) is 7.37. The topological polar surface area (TPSA) is 58.4 Å². The first kappa shape index (κ1) is 17.2. The van der Waals surface area contributed by atoms with Gasteiger partial charge in [0.2, 0.25) is 0 Å². The van der Waals surface area contributed by atoms with E-state index in [4.69, 9.17) is 0 Å². The van der Waals surface area contributed by atoms with Crippen LogP contribution >= 0.6 is 0 Å². The molecule has 0 aromatic carbocycles. The summed E-state index contributed by atoms with van der Waals surface area (Å²) in [6.07, 6.45) is 8.34. The van der Waals surface area contributed by atoms with Gasteiger partial charge in [-0.3, -0.25) is 9.58 Å². The lowest BCUT2D eigenvalue weighted by Crippen LogP contribution is -2.39. The van der Waals surface area contributed by atoms with E-state index < -0.39 is 5.97 Å². The average Bonchev–Trinajstić information content (AvgIpc) is 3.17. The zero-order valence-corrected chi connectivity index (χ0v) is 14.9. The third-order valence-electron chi connectivity index (χ3n) is 6.31. The fourth-order valence-corrected chi connectivity index (χ4v) is 4.53. The van der Waals surface area contributed by atoms with E-state index in [2.05, 4.69) is 30.4 Å². The molecule has 2 aliphatic rings. The van der Waals surface area contributed by atoms with Crippen LogP contribution in [0.5, 0.6) is 0 Å². The second-order valence-electron chi connectivity index (χ2n) is 7.37. The number of hydrogen-bond acceptors (Lipinski definition) is 3. The van der Waals surface area contributed by atoms with Gasteiger partial charge in [-0.1, -0.05) is 19.9 Å². The summed E-state index contributed by atoms with van der Waals surface area (Å²) >= 11 is 0. The zero-order valence-electron chi connectivity index (χ0n) is 14.9. The summed E-state index contributed by atoms with van der Waals surface area (Å²) in [5, 5.41) is 13.8. The molecule has 1 atom stereocenters. The molecule has 1 aromatic rings. The molecule has 1 aliphatic heterocycles. The molecule has 1 saturated heterocycles. The van der Waals surface area contributed by atoms with Crippen molar-refractivity contribution in [2.24, 2.45) is 5.41 Å². The van der Waals surface area contributed by atoms with Gasteiger partial charge >= 0.3 is 5.97 Å². The van der Waals surface area contributed by atoms with Crippen LogP contribution in [-0.2, 0) is 19.4 Å². The molecule has 5 nitrogen and oxygen atoms in total.